The number of hydrogen-bond acceptors (Lipinski definition) is 9. The number of carbonyl (C=O) groups excluding carboxylic acids is 4. The van der Waals surface area contributed by atoms with E-state index in [2.05, 4.69) is 20.9 Å². The SMILES string of the molecule is NC(=O)CCC(NC(=O)[C@@H]1CC[C@@H]2CCNC[C@H](NC(=O)c3cc4cc(C(F)(F)P(=O)(O)O)ccc4s3)C(=O)N21)c1ncc(-c2ccccc2)s1. The molecule has 2 aromatic heterocycles. The van der Waals surface area contributed by atoms with E-state index in [0.29, 0.717) is 35.5 Å². The van der Waals surface area contributed by atoms with Crippen molar-refractivity contribution in [2.45, 2.75) is 61.9 Å². The second kappa shape index (κ2) is 14.9. The second-order valence-electron chi connectivity index (χ2n) is 12.5. The molecule has 7 N–H and O–H groups in total. The Morgan fingerprint density at radius 1 is 1.10 bits per heavy atom. The molecule has 51 heavy (non-hydrogen) atoms. The lowest BCUT2D eigenvalue weighted by molar-refractivity contribution is -0.142. The van der Waals surface area contributed by atoms with Gasteiger partial charge in [0, 0.05) is 35.5 Å². The van der Waals surface area contributed by atoms with Crippen molar-refractivity contribution in [1.82, 2.24) is 25.8 Å². The highest BCUT2D eigenvalue weighted by Gasteiger charge is 2.50. The fraction of sp³-hybridized carbons (Fsp3) is 0.364. The van der Waals surface area contributed by atoms with Crippen LogP contribution in [-0.4, -0.2) is 74.5 Å². The van der Waals surface area contributed by atoms with E-state index in [9.17, 15) is 32.5 Å². The number of primary amides is 1. The highest BCUT2D eigenvalue weighted by Crippen LogP contribution is 2.59. The summed E-state index contributed by atoms with van der Waals surface area (Å²) in [6.45, 7) is 0.603. The molecule has 1 unspecified atom stereocenters. The summed E-state index contributed by atoms with van der Waals surface area (Å²) in [6.07, 6.45) is 3.46. The van der Waals surface area contributed by atoms with Gasteiger partial charge in [0.1, 0.15) is 17.1 Å². The summed E-state index contributed by atoms with van der Waals surface area (Å²) in [6, 6.07) is 11.2. The van der Waals surface area contributed by atoms with Crippen LogP contribution in [0.4, 0.5) is 8.78 Å². The quantitative estimate of drug-likeness (QED) is 0.123. The van der Waals surface area contributed by atoms with E-state index in [4.69, 9.17) is 15.5 Å². The number of benzene rings is 2. The van der Waals surface area contributed by atoms with Crippen LogP contribution in [0.25, 0.3) is 20.5 Å². The van der Waals surface area contributed by atoms with Gasteiger partial charge < -0.3 is 36.4 Å². The van der Waals surface area contributed by atoms with Gasteiger partial charge in [0.25, 0.3) is 5.91 Å². The normalized spacial score (nSPS) is 20.4. The first-order valence-corrected chi connectivity index (χ1v) is 19.4. The van der Waals surface area contributed by atoms with E-state index in [1.54, 1.807) is 6.20 Å². The van der Waals surface area contributed by atoms with Crippen molar-refractivity contribution >= 4 is 64.0 Å². The van der Waals surface area contributed by atoms with Crippen LogP contribution in [0.15, 0.2) is 60.8 Å². The molecule has 0 spiro atoms. The summed E-state index contributed by atoms with van der Waals surface area (Å²) in [5.41, 5.74) is 1.10. The molecule has 13 nitrogen and oxygen atoms in total. The van der Waals surface area contributed by atoms with E-state index in [1.165, 1.54) is 28.4 Å². The lowest BCUT2D eigenvalue weighted by Gasteiger charge is -2.35. The van der Waals surface area contributed by atoms with Gasteiger partial charge in [-0.05, 0) is 61.4 Å². The first-order valence-electron chi connectivity index (χ1n) is 16.1. The Morgan fingerprint density at radius 2 is 1.86 bits per heavy atom. The van der Waals surface area contributed by atoms with Crippen molar-refractivity contribution in [3.05, 3.63) is 76.2 Å². The number of alkyl halides is 2. The number of nitrogens with one attached hydrogen (secondary N) is 3. The zero-order valence-electron chi connectivity index (χ0n) is 27.0. The van der Waals surface area contributed by atoms with Crippen LogP contribution in [0, 0.1) is 0 Å². The number of nitrogens with zero attached hydrogens (tertiary/aromatic N) is 2. The maximum Gasteiger partial charge on any atom is 0.399 e. The molecule has 0 aliphatic carbocycles. The summed E-state index contributed by atoms with van der Waals surface area (Å²) in [7, 11) is -5.79. The fourth-order valence-corrected chi connectivity index (χ4v) is 8.82. The van der Waals surface area contributed by atoms with Crippen LogP contribution in [0.2, 0.25) is 0 Å². The summed E-state index contributed by atoms with van der Waals surface area (Å²) in [5.74, 6) is -2.06. The highest BCUT2D eigenvalue weighted by atomic mass is 32.1. The van der Waals surface area contributed by atoms with Gasteiger partial charge in [-0.2, -0.15) is 8.78 Å². The van der Waals surface area contributed by atoms with Crippen molar-refractivity contribution in [3.63, 3.8) is 0 Å². The number of hydrogen-bond donors (Lipinski definition) is 6. The molecule has 2 fully saturated rings. The average Bonchev–Trinajstić information content (AvgIpc) is 3.85. The van der Waals surface area contributed by atoms with Gasteiger partial charge in [-0.3, -0.25) is 23.7 Å². The van der Waals surface area contributed by atoms with E-state index in [0.717, 1.165) is 33.9 Å². The van der Waals surface area contributed by atoms with Gasteiger partial charge in [-0.1, -0.05) is 36.4 Å². The molecule has 2 aromatic carbocycles. The Kier molecular flexibility index (Phi) is 10.7. The van der Waals surface area contributed by atoms with E-state index in [-0.39, 0.29) is 35.7 Å². The van der Waals surface area contributed by atoms with Crippen molar-refractivity contribution in [1.29, 1.82) is 0 Å². The Bertz CT molecular complexity index is 2000. The number of fused-ring (bicyclic) bond motifs is 2. The zero-order valence-corrected chi connectivity index (χ0v) is 29.5. The van der Waals surface area contributed by atoms with Gasteiger partial charge in [-0.25, -0.2) is 4.98 Å². The van der Waals surface area contributed by atoms with Crippen LogP contribution in [-0.2, 0) is 24.6 Å². The number of aromatic nitrogens is 1. The van der Waals surface area contributed by atoms with Crippen molar-refractivity contribution in [2.75, 3.05) is 13.1 Å². The molecule has 0 saturated carbocycles. The lowest BCUT2D eigenvalue weighted by atomic mass is 10.1. The molecule has 4 aromatic rings. The van der Waals surface area contributed by atoms with Crippen LogP contribution in [0.5, 0.6) is 0 Å². The van der Waals surface area contributed by atoms with E-state index in [1.807, 2.05) is 30.3 Å². The number of rotatable bonds is 11. The average molecular weight is 761 g/mol. The maximum absolute atomic E-state index is 14.3. The topological polar surface area (TPSA) is 204 Å². The molecule has 2 aliphatic rings. The Balaban J connectivity index is 1.19. The Morgan fingerprint density at radius 3 is 2.59 bits per heavy atom. The fourth-order valence-electron chi connectivity index (χ4n) is 6.39. The predicted molar refractivity (Wildman–Crippen MR) is 187 cm³/mol. The predicted octanol–water partition coefficient (Wildman–Crippen LogP) is 3.83. The van der Waals surface area contributed by atoms with Gasteiger partial charge in [0.15, 0.2) is 0 Å². The molecule has 0 bridgehead atoms. The molecular formula is C33H35F2N6O7PS2. The van der Waals surface area contributed by atoms with Gasteiger partial charge in [-0.15, -0.1) is 22.7 Å². The maximum atomic E-state index is 14.3. The van der Waals surface area contributed by atoms with Crippen molar-refractivity contribution in [2.24, 2.45) is 5.73 Å². The number of carbonyl (C=O) groups is 4. The molecule has 4 atom stereocenters. The largest absolute Gasteiger partial charge is 0.399 e. The van der Waals surface area contributed by atoms with Crippen LogP contribution in [0.1, 0.15) is 58.4 Å². The molecule has 4 heterocycles. The number of halogens is 2. The molecule has 4 amide bonds. The van der Waals surface area contributed by atoms with E-state index >= 15 is 0 Å². The minimum Gasteiger partial charge on any atom is -0.370 e. The molecule has 2 saturated heterocycles. The third kappa shape index (κ3) is 7.88. The third-order valence-electron chi connectivity index (χ3n) is 8.99. The van der Waals surface area contributed by atoms with Crippen LogP contribution < -0.4 is 21.7 Å². The molecule has 18 heteroatoms. The first-order chi connectivity index (χ1) is 24.2. The van der Waals surface area contributed by atoms with Gasteiger partial charge in [0.05, 0.1) is 15.8 Å². The van der Waals surface area contributed by atoms with Crippen LogP contribution in [0.3, 0.4) is 0 Å². The number of nitrogens with two attached hydrogens (primary N) is 1. The van der Waals surface area contributed by atoms with Gasteiger partial charge >= 0.3 is 13.3 Å². The minimum atomic E-state index is -5.79. The Hall–Kier alpha value is -4.12. The number of amides is 4. The molecule has 2 aliphatic heterocycles. The zero-order chi connectivity index (χ0) is 36.5. The molecule has 6 rings (SSSR count). The highest BCUT2D eigenvalue weighted by molar-refractivity contribution is 7.52. The summed E-state index contributed by atoms with van der Waals surface area (Å²) in [4.78, 5) is 78.4. The van der Waals surface area contributed by atoms with Crippen molar-refractivity contribution < 1.29 is 42.3 Å². The summed E-state index contributed by atoms with van der Waals surface area (Å²) in [5, 5.41) is 9.68. The minimum absolute atomic E-state index is 0.00600. The number of thiophene rings is 1. The number of thiazole rings is 1. The standard InChI is InChI=1S/C33H35F2N6O7PS2/c34-33(35,49(46,47)48)20-6-10-25-19(14-20)15-26(50-25)30(44)40-23-16-37-13-12-21-7-9-24(41(21)32(23)45)29(43)39-22(8-11-28(36)42)31-38-17-27(51-31)18-4-2-1-3-5-18/h1-6,10,14-15,17,21-24,37H,7-9,11-13,16H2,(H2,36,42)(H,39,43)(H,40,44)(H2,46,47,48)/t21-,22?,23+,24+/m1/s1. The lowest BCUT2D eigenvalue weighted by Crippen LogP contribution is -2.60. The smallest absolute Gasteiger partial charge is 0.370 e. The molecular weight excluding hydrogens is 726 g/mol. The molecule has 0 radical (unpaired) electrons. The molecule has 270 valence electrons. The van der Waals surface area contributed by atoms with E-state index < -0.39 is 60.6 Å². The summed E-state index contributed by atoms with van der Waals surface area (Å²) < 4.78 is 40.5. The van der Waals surface area contributed by atoms with Gasteiger partial charge in [0.2, 0.25) is 17.7 Å². The summed E-state index contributed by atoms with van der Waals surface area (Å²) >= 11 is 2.35. The first kappa shape index (κ1) is 36.7. The Labute approximate surface area is 298 Å². The van der Waals surface area contributed by atoms with Crippen molar-refractivity contribution in [3.8, 4) is 10.4 Å². The monoisotopic (exact) mass is 760 g/mol. The van der Waals surface area contributed by atoms with Crippen LogP contribution >= 0.6 is 30.3 Å². The second-order valence-corrected chi connectivity index (χ2v) is 16.3. The third-order valence-corrected chi connectivity index (χ3v) is 12.3.